The minimum Gasteiger partial charge on any atom is -0.496 e. The molecular weight excluding hydrogens is 354 g/mol. The highest BCUT2D eigenvalue weighted by molar-refractivity contribution is 6.31. The molecule has 0 N–H and O–H groups in total. The van der Waals surface area contributed by atoms with E-state index in [-0.39, 0.29) is 5.91 Å². The zero-order valence-electron chi connectivity index (χ0n) is 14.3. The van der Waals surface area contributed by atoms with Crippen molar-refractivity contribution in [3.63, 3.8) is 0 Å². The van der Waals surface area contributed by atoms with Crippen molar-refractivity contribution in [3.05, 3.63) is 53.4 Å². The Kier molecular flexibility index (Phi) is 4.53. The molecule has 1 saturated heterocycles. The van der Waals surface area contributed by atoms with Gasteiger partial charge in [-0.2, -0.15) is 0 Å². The minimum absolute atomic E-state index is 0.0705. The highest BCUT2D eigenvalue weighted by Gasteiger charge is 2.21. The first-order valence-corrected chi connectivity index (χ1v) is 8.73. The number of carbonyl (C=O) groups is 1. The number of halogens is 1. The van der Waals surface area contributed by atoms with E-state index in [2.05, 4.69) is 4.98 Å². The fourth-order valence-corrected chi connectivity index (χ4v) is 3.26. The van der Waals surface area contributed by atoms with Crippen LogP contribution in [0.25, 0.3) is 16.8 Å². The molecule has 0 spiro atoms. The summed E-state index contributed by atoms with van der Waals surface area (Å²) in [7, 11) is 1.63. The lowest BCUT2D eigenvalue weighted by Gasteiger charge is -2.25. The lowest BCUT2D eigenvalue weighted by molar-refractivity contribution is 0.0299. The van der Waals surface area contributed by atoms with Gasteiger partial charge in [0.2, 0.25) is 0 Å². The maximum Gasteiger partial charge on any atom is 0.274 e. The van der Waals surface area contributed by atoms with Gasteiger partial charge in [0.05, 0.1) is 20.3 Å². The van der Waals surface area contributed by atoms with Crippen molar-refractivity contribution in [2.45, 2.75) is 0 Å². The molecule has 0 unspecified atom stereocenters. The summed E-state index contributed by atoms with van der Waals surface area (Å²) in [6.07, 6.45) is 3.68. The number of carbonyl (C=O) groups excluding carboxylic acids is 1. The van der Waals surface area contributed by atoms with Gasteiger partial charge in [-0.1, -0.05) is 11.6 Å². The van der Waals surface area contributed by atoms with Crippen LogP contribution in [0, 0.1) is 0 Å². The fourth-order valence-electron chi connectivity index (χ4n) is 3.09. The smallest absolute Gasteiger partial charge is 0.274 e. The number of hydrogen-bond donors (Lipinski definition) is 0. The molecule has 134 valence electrons. The van der Waals surface area contributed by atoms with E-state index < -0.39 is 0 Å². The molecule has 26 heavy (non-hydrogen) atoms. The number of imidazole rings is 1. The van der Waals surface area contributed by atoms with E-state index in [4.69, 9.17) is 21.1 Å². The Morgan fingerprint density at radius 1 is 1.19 bits per heavy atom. The van der Waals surface area contributed by atoms with Crippen LogP contribution < -0.4 is 4.74 Å². The first-order valence-electron chi connectivity index (χ1n) is 8.35. The lowest BCUT2D eigenvalue weighted by atomic mass is 10.1. The highest BCUT2D eigenvalue weighted by Crippen LogP contribution is 2.32. The third-order valence-electron chi connectivity index (χ3n) is 4.44. The van der Waals surface area contributed by atoms with E-state index >= 15 is 0 Å². The summed E-state index contributed by atoms with van der Waals surface area (Å²) in [6.45, 7) is 2.32. The largest absolute Gasteiger partial charge is 0.496 e. The monoisotopic (exact) mass is 371 g/mol. The molecule has 0 bridgehead atoms. The SMILES string of the molecule is COc1ccc(Cl)cc1-c1ccc2nc(C(=O)N3CCOCC3)cn2c1. The second-order valence-corrected chi connectivity index (χ2v) is 6.50. The number of hydrogen-bond acceptors (Lipinski definition) is 4. The molecule has 0 saturated carbocycles. The number of methoxy groups -OCH3 is 1. The van der Waals surface area contributed by atoms with E-state index in [1.807, 2.05) is 34.9 Å². The number of fused-ring (bicyclic) bond motifs is 1. The molecule has 1 aromatic carbocycles. The molecule has 2 aromatic heterocycles. The summed E-state index contributed by atoms with van der Waals surface area (Å²) in [5.74, 6) is 0.664. The van der Waals surface area contributed by atoms with Gasteiger partial charge in [-0.25, -0.2) is 4.98 Å². The zero-order valence-corrected chi connectivity index (χ0v) is 15.1. The molecule has 4 rings (SSSR count). The summed E-state index contributed by atoms with van der Waals surface area (Å²) in [5.41, 5.74) is 2.96. The number of nitrogens with zero attached hydrogens (tertiary/aromatic N) is 3. The van der Waals surface area contributed by atoms with Crippen molar-refractivity contribution in [1.29, 1.82) is 0 Å². The number of ether oxygens (including phenoxy) is 2. The Balaban J connectivity index is 1.70. The maximum atomic E-state index is 12.6. The molecule has 7 heteroatoms. The summed E-state index contributed by atoms with van der Waals surface area (Å²) >= 11 is 6.14. The van der Waals surface area contributed by atoms with Crippen LogP contribution >= 0.6 is 11.6 Å². The van der Waals surface area contributed by atoms with Crippen molar-refractivity contribution in [3.8, 4) is 16.9 Å². The second-order valence-electron chi connectivity index (χ2n) is 6.06. The van der Waals surface area contributed by atoms with Crippen molar-refractivity contribution in [2.24, 2.45) is 0 Å². The third-order valence-corrected chi connectivity index (χ3v) is 4.68. The summed E-state index contributed by atoms with van der Waals surface area (Å²) < 4.78 is 12.6. The normalized spacial score (nSPS) is 14.6. The Bertz CT molecular complexity index is 964. The molecular formula is C19H18ClN3O3. The van der Waals surface area contributed by atoms with E-state index in [1.165, 1.54) is 0 Å². The van der Waals surface area contributed by atoms with Crippen LogP contribution in [0.4, 0.5) is 0 Å². The van der Waals surface area contributed by atoms with Crippen LogP contribution in [0.2, 0.25) is 5.02 Å². The van der Waals surface area contributed by atoms with Gasteiger partial charge in [0.25, 0.3) is 5.91 Å². The quantitative estimate of drug-likeness (QED) is 0.709. The molecule has 3 heterocycles. The highest BCUT2D eigenvalue weighted by atomic mass is 35.5. The van der Waals surface area contributed by atoms with Crippen LogP contribution in [0.3, 0.4) is 0 Å². The molecule has 1 aliphatic heterocycles. The van der Waals surface area contributed by atoms with Gasteiger partial charge < -0.3 is 18.8 Å². The van der Waals surface area contributed by atoms with Crippen molar-refractivity contribution >= 4 is 23.2 Å². The summed E-state index contributed by atoms with van der Waals surface area (Å²) in [6, 6.07) is 9.31. The molecule has 0 radical (unpaired) electrons. The number of benzene rings is 1. The van der Waals surface area contributed by atoms with Crippen LogP contribution in [-0.2, 0) is 4.74 Å². The van der Waals surface area contributed by atoms with Gasteiger partial charge in [-0.15, -0.1) is 0 Å². The Morgan fingerprint density at radius 3 is 2.77 bits per heavy atom. The van der Waals surface area contributed by atoms with E-state index in [0.29, 0.717) is 42.7 Å². The van der Waals surface area contributed by atoms with Crippen LogP contribution in [0.5, 0.6) is 5.75 Å². The van der Waals surface area contributed by atoms with Gasteiger partial charge in [0.15, 0.2) is 0 Å². The molecule has 1 fully saturated rings. The molecule has 3 aromatic rings. The van der Waals surface area contributed by atoms with E-state index in [0.717, 1.165) is 16.9 Å². The average Bonchev–Trinajstić information content (AvgIpc) is 3.11. The number of aromatic nitrogens is 2. The molecule has 0 atom stereocenters. The van der Waals surface area contributed by atoms with Crippen molar-refractivity contribution in [2.75, 3.05) is 33.4 Å². The van der Waals surface area contributed by atoms with Gasteiger partial charge in [-0.05, 0) is 30.3 Å². The Hall–Kier alpha value is -2.57. The van der Waals surface area contributed by atoms with Crippen LogP contribution in [-0.4, -0.2) is 53.6 Å². The Morgan fingerprint density at radius 2 is 2.00 bits per heavy atom. The lowest BCUT2D eigenvalue weighted by Crippen LogP contribution is -2.40. The first kappa shape index (κ1) is 16.9. The Labute approximate surface area is 155 Å². The molecule has 1 amide bonds. The molecule has 1 aliphatic rings. The number of morpholine rings is 1. The van der Waals surface area contributed by atoms with Gasteiger partial charge in [0, 0.05) is 41.6 Å². The zero-order chi connectivity index (χ0) is 18.1. The van der Waals surface area contributed by atoms with Gasteiger partial charge in [-0.3, -0.25) is 4.79 Å². The second kappa shape index (κ2) is 6.97. The molecule has 0 aliphatic carbocycles. The fraction of sp³-hybridized carbons (Fsp3) is 0.263. The van der Waals surface area contributed by atoms with Crippen LogP contribution in [0.1, 0.15) is 10.5 Å². The summed E-state index contributed by atoms with van der Waals surface area (Å²) in [4.78, 5) is 18.9. The predicted octanol–water partition coefficient (Wildman–Crippen LogP) is 3.14. The number of rotatable bonds is 3. The predicted molar refractivity (Wildman–Crippen MR) is 98.9 cm³/mol. The first-order chi connectivity index (χ1) is 12.7. The minimum atomic E-state index is -0.0705. The van der Waals surface area contributed by atoms with E-state index in [1.54, 1.807) is 24.3 Å². The van der Waals surface area contributed by atoms with Crippen molar-refractivity contribution < 1.29 is 14.3 Å². The van der Waals surface area contributed by atoms with Crippen molar-refractivity contribution in [1.82, 2.24) is 14.3 Å². The number of amides is 1. The van der Waals surface area contributed by atoms with Gasteiger partial charge >= 0.3 is 0 Å². The molecule has 6 nitrogen and oxygen atoms in total. The average molecular weight is 372 g/mol. The number of pyridine rings is 1. The third kappa shape index (κ3) is 3.13. The summed E-state index contributed by atoms with van der Waals surface area (Å²) in [5, 5.41) is 0.634. The standard InChI is InChI=1S/C19H18ClN3O3/c1-25-17-4-3-14(20)10-15(17)13-2-5-18-21-16(12-23(18)11-13)19(24)22-6-8-26-9-7-22/h2-5,10-12H,6-9H2,1H3. The van der Waals surface area contributed by atoms with E-state index in [9.17, 15) is 4.79 Å². The topological polar surface area (TPSA) is 56.1 Å². The van der Waals surface area contributed by atoms with Crippen LogP contribution in [0.15, 0.2) is 42.7 Å². The van der Waals surface area contributed by atoms with Gasteiger partial charge in [0.1, 0.15) is 17.1 Å². The maximum absolute atomic E-state index is 12.6.